The van der Waals surface area contributed by atoms with Crippen LogP contribution in [0.1, 0.15) is 19.3 Å². The first-order valence-corrected chi connectivity index (χ1v) is 11.1. The third kappa shape index (κ3) is 15.1. The molecule has 0 aromatic rings. The molecule has 0 bridgehead atoms. The molecule has 27 heavy (non-hydrogen) atoms. The van der Waals surface area contributed by atoms with E-state index in [1.165, 1.54) is 11.5 Å². The molecule has 1 aliphatic rings. The van der Waals surface area contributed by atoms with Crippen LogP contribution in [-0.4, -0.2) is 93.8 Å². The molecule has 8 nitrogen and oxygen atoms in total. The number of hydrazine groups is 1. The molecule has 1 heterocycles. The van der Waals surface area contributed by atoms with E-state index in [4.69, 9.17) is 31.5 Å². The van der Waals surface area contributed by atoms with E-state index < -0.39 is 0 Å². The highest BCUT2D eigenvalue weighted by atomic mass is 32.2. The molecule has 1 aliphatic heterocycles. The summed E-state index contributed by atoms with van der Waals surface area (Å²) in [5.74, 6) is 8.29. The van der Waals surface area contributed by atoms with Gasteiger partial charge >= 0.3 is 0 Å². The van der Waals surface area contributed by atoms with E-state index >= 15 is 0 Å². The van der Waals surface area contributed by atoms with Crippen molar-refractivity contribution in [2.24, 2.45) is 17.3 Å². The zero-order valence-electron chi connectivity index (χ0n) is 16.7. The Morgan fingerprint density at radius 2 is 1.56 bits per heavy atom. The van der Waals surface area contributed by atoms with Crippen LogP contribution in [0, 0.1) is 0 Å². The van der Waals surface area contributed by atoms with E-state index in [9.17, 15) is 0 Å². The minimum atomic E-state index is 0.543. The molecule has 0 aromatic carbocycles. The molecule has 0 aliphatic carbocycles. The zero-order valence-corrected chi connectivity index (χ0v) is 17.5. The Kier molecular flexibility index (Phi) is 15.9. The van der Waals surface area contributed by atoms with Crippen molar-refractivity contribution in [3.8, 4) is 0 Å². The highest BCUT2D eigenvalue weighted by Gasteiger charge is 2.10. The molecule has 1 rings (SSSR count). The summed E-state index contributed by atoms with van der Waals surface area (Å²) in [4.78, 5) is 2.36. The average molecular weight is 406 g/mol. The minimum absolute atomic E-state index is 0.543. The molecule has 1 fully saturated rings. The van der Waals surface area contributed by atoms with E-state index in [1.54, 1.807) is 11.2 Å². The molecule has 0 amide bonds. The van der Waals surface area contributed by atoms with Crippen LogP contribution in [0.5, 0.6) is 0 Å². The molecule has 160 valence electrons. The second-order valence-electron chi connectivity index (χ2n) is 6.52. The summed E-state index contributed by atoms with van der Waals surface area (Å²) < 4.78 is 16.5. The van der Waals surface area contributed by atoms with Crippen LogP contribution < -0.4 is 17.3 Å². The Labute approximate surface area is 168 Å². The lowest BCUT2D eigenvalue weighted by molar-refractivity contribution is 0.0116. The smallest absolute Gasteiger partial charge is 0.0701 e. The normalized spacial score (nSPS) is 16.0. The maximum atomic E-state index is 6.06. The molecule has 0 radical (unpaired) electrons. The number of nitrogens with two attached hydrogens (primary N) is 3. The average Bonchev–Trinajstić information content (AvgIpc) is 2.66. The summed E-state index contributed by atoms with van der Waals surface area (Å²) in [5.41, 5.74) is 12.3. The predicted molar refractivity (Wildman–Crippen MR) is 112 cm³/mol. The van der Waals surface area contributed by atoms with Crippen LogP contribution in [0.3, 0.4) is 0 Å². The van der Waals surface area contributed by atoms with Gasteiger partial charge in [0.15, 0.2) is 0 Å². The lowest BCUT2D eigenvalue weighted by Gasteiger charge is -2.26. The van der Waals surface area contributed by atoms with Gasteiger partial charge in [0.05, 0.1) is 39.6 Å². The van der Waals surface area contributed by atoms with E-state index in [0.29, 0.717) is 39.6 Å². The minimum Gasteiger partial charge on any atom is -0.400 e. The van der Waals surface area contributed by atoms with Crippen molar-refractivity contribution in [2.45, 2.75) is 19.3 Å². The maximum Gasteiger partial charge on any atom is 0.0701 e. The van der Waals surface area contributed by atoms with Crippen LogP contribution in [0.15, 0.2) is 11.9 Å². The molecule has 0 unspecified atom stereocenters. The quantitative estimate of drug-likeness (QED) is 0.177. The molecule has 0 atom stereocenters. The van der Waals surface area contributed by atoms with E-state index in [2.05, 4.69) is 4.90 Å². The lowest BCUT2D eigenvalue weighted by atomic mass is 10.2. The summed E-state index contributed by atoms with van der Waals surface area (Å²) in [7, 11) is 0. The molecule has 6 N–H and O–H groups in total. The van der Waals surface area contributed by atoms with Gasteiger partial charge in [-0.15, -0.1) is 0 Å². The van der Waals surface area contributed by atoms with Gasteiger partial charge in [-0.1, -0.05) is 0 Å². The molecule has 9 heteroatoms. The molecular formula is C18H39N5O3S. The van der Waals surface area contributed by atoms with Crippen molar-refractivity contribution in [3.05, 3.63) is 11.9 Å². The zero-order chi connectivity index (χ0) is 19.6. The Hall–Kier alpha value is -0.550. The van der Waals surface area contributed by atoms with Crippen molar-refractivity contribution >= 4 is 11.8 Å². The monoisotopic (exact) mass is 405 g/mol. The summed E-state index contributed by atoms with van der Waals surface area (Å²) in [5, 5.41) is 1.59. The largest absolute Gasteiger partial charge is 0.400 e. The predicted octanol–water partition coefficient (Wildman–Crippen LogP) is 0.190. The van der Waals surface area contributed by atoms with Crippen LogP contribution >= 0.6 is 11.8 Å². The van der Waals surface area contributed by atoms with E-state index in [-0.39, 0.29) is 0 Å². The van der Waals surface area contributed by atoms with Gasteiger partial charge in [0.25, 0.3) is 0 Å². The Bertz CT molecular complexity index is 371. The fourth-order valence-electron chi connectivity index (χ4n) is 2.57. The van der Waals surface area contributed by atoms with Crippen molar-refractivity contribution in [3.63, 3.8) is 0 Å². The maximum absolute atomic E-state index is 6.06. The second-order valence-corrected chi connectivity index (χ2v) is 7.74. The number of unbranched alkanes of at least 4 members (excludes halogenated alkanes) is 2. The van der Waals surface area contributed by atoms with Crippen LogP contribution in [0.2, 0.25) is 0 Å². The highest BCUT2D eigenvalue weighted by Crippen LogP contribution is 2.09. The topological polar surface area (TPSA) is 112 Å². The fraction of sp³-hybridized carbons (Fsp3) is 0.889. The van der Waals surface area contributed by atoms with Gasteiger partial charge in [-0.2, -0.15) is 11.8 Å². The SMILES string of the molecule is NCCCCCOCCOCCOCCN(N)/C=C(\N)CN1CCSCC1. The Balaban J connectivity index is 1.87. The van der Waals surface area contributed by atoms with Gasteiger partial charge in [0.2, 0.25) is 0 Å². The first kappa shape index (κ1) is 24.5. The number of hydrogen-bond donors (Lipinski definition) is 3. The molecule has 1 saturated heterocycles. The fourth-order valence-corrected chi connectivity index (χ4v) is 3.55. The molecule has 0 saturated carbocycles. The Morgan fingerprint density at radius 3 is 2.22 bits per heavy atom. The third-order valence-electron chi connectivity index (χ3n) is 4.07. The standard InChI is InChI=1S/C18H39N5O3S/c19-4-2-1-3-8-24-10-12-26-13-11-25-9-5-23(21)17-18(20)16-22-6-14-27-15-7-22/h17H,1-16,19-21H2/b18-17-. The summed E-state index contributed by atoms with van der Waals surface area (Å²) in [6.07, 6.45) is 5.05. The van der Waals surface area contributed by atoms with Gasteiger partial charge in [0.1, 0.15) is 0 Å². The number of hydrogen-bond acceptors (Lipinski definition) is 9. The first-order chi connectivity index (χ1) is 13.2. The Morgan fingerprint density at radius 1 is 0.926 bits per heavy atom. The summed E-state index contributed by atoms with van der Waals surface area (Å²) in [6.45, 7) is 7.96. The van der Waals surface area contributed by atoms with E-state index in [0.717, 1.165) is 57.7 Å². The van der Waals surface area contributed by atoms with E-state index in [1.807, 2.05) is 11.8 Å². The van der Waals surface area contributed by atoms with Crippen LogP contribution in [0.25, 0.3) is 0 Å². The van der Waals surface area contributed by atoms with Crippen molar-refractivity contribution in [2.75, 3.05) is 83.9 Å². The lowest BCUT2D eigenvalue weighted by Crippen LogP contribution is -2.37. The molecule has 0 aromatic heterocycles. The van der Waals surface area contributed by atoms with Crippen LogP contribution in [0.4, 0.5) is 0 Å². The van der Waals surface area contributed by atoms with Crippen molar-refractivity contribution in [1.82, 2.24) is 9.91 Å². The van der Waals surface area contributed by atoms with Crippen molar-refractivity contribution < 1.29 is 14.2 Å². The first-order valence-electron chi connectivity index (χ1n) is 9.93. The highest BCUT2D eigenvalue weighted by molar-refractivity contribution is 7.99. The van der Waals surface area contributed by atoms with Gasteiger partial charge in [-0.25, -0.2) is 5.84 Å². The number of thioether (sulfide) groups is 1. The van der Waals surface area contributed by atoms with Crippen LogP contribution in [-0.2, 0) is 14.2 Å². The number of nitrogens with zero attached hydrogens (tertiary/aromatic N) is 2. The summed E-state index contributed by atoms with van der Waals surface area (Å²) >= 11 is 1.99. The van der Waals surface area contributed by atoms with Gasteiger partial charge < -0.3 is 30.7 Å². The van der Waals surface area contributed by atoms with Gasteiger partial charge in [-0.05, 0) is 25.8 Å². The molecule has 0 spiro atoms. The summed E-state index contributed by atoms with van der Waals surface area (Å²) in [6, 6.07) is 0. The van der Waals surface area contributed by atoms with Gasteiger partial charge in [-0.3, -0.25) is 4.90 Å². The molecular weight excluding hydrogens is 366 g/mol. The van der Waals surface area contributed by atoms with Crippen molar-refractivity contribution in [1.29, 1.82) is 0 Å². The number of rotatable bonds is 17. The second kappa shape index (κ2) is 17.5. The number of ether oxygens (including phenoxy) is 3. The third-order valence-corrected chi connectivity index (χ3v) is 5.01. The van der Waals surface area contributed by atoms with Gasteiger partial charge in [0, 0.05) is 49.6 Å².